The van der Waals surface area contributed by atoms with Gasteiger partial charge in [-0.05, 0) is 28.1 Å². The van der Waals surface area contributed by atoms with Gasteiger partial charge in [-0.25, -0.2) is 9.18 Å². The molecule has 1 aromatic rings. The van der Waals surface area contributed by atoms with E-state index in [0.29, 0.717) is 4.47 Å². The molecule has 1 N–H and O–H groups in total. The Morgan fingerprint density at radius 3 is 2.79 bits per heavy atom. The van der Waals surface area contributed by atoms with E-state index in [9.17, 15) is 9.18 Å². The molecule has 0 fully saturated rings. The molecule has 76 valence electrons. The first kappa shape index (κ1) is 11.1. The maximum atomic E-state index is 13.1. The van der Waals surface area contributed by atoms with Crippen LogP contribution in [0, 0.1) is 5.82 Å². The highest BCUT2D eigenvalue weighted by Crippen LogP contribution is 2.22. The summed E-state index contributed by atoms with van der Waals surface area (Å²) in [5.41, 5.74) is 0.256. The third-order valence-electron chi connectivity index (χ3n) is 1.71. The van der Waals surface area contributed by atoms with Crippen LogP contribution in [0.15, 0.2) is 16.6 Å². The molecular formula is C9H8BrFO3. The zero-order chi connectivity index (χ0) is 10.7. The number of aliphatic hydroxyl groups excluding tert-OH is 1. The average Bonchev–Trinajstić information content (AvgIpc) is 2.17. The van der Waals surface area contributed by atoms with Crippen molar-refractivity contribution in [3.05, 3.63) is 33.5 Å². The number of aliphatic hydroxyl groups is 1. The second-order valence-electron chi connectivity index (χ2n) is 2.57. The molecule has 0 radical (unpaired) electrons. The van der Waals surface area contributed by atoms with Gasteiger partial charge in [0.2, 0.25) is 0 Å². The van der Waals surface area contributed by atoms with Crippen LogP contribution in [0.4, 0.5) is 4.39 Å². The minimum atomic E-state index is -0.577. The molecule has 0 atom stereocenters. The van der Waals surface area contributed by atoms with Gasteiger partial charge >= 0.3 is 5.97 Å². The van der Waals surface area contributed by atoms with Crippen LogP contribution in [0.1, 0.15) is 15.9 Å². The zero-order valence-corrected chi connectivity index (χ0v) is 8.97. The Morgan fingerprint density at radius 2 is 2.29 bits per heavy atom. The average molecular weight is 263 g/mol. The Hall–Kier alpha value is -0.940. The zero-order valence-electron chi connectivity index (χ0n) is 7.38. The third-order valence-corrected chi connectivity index (χ3v) is 2.37. The second kappa shape index (κ2) is 4.52. The molecule has 0 bridgehead atoms. The first-order chi connectivity index (χ1) is 6.60. The van der Waals surface area contributed by atoms with Crippen molar-refractivity contribution in [1.29, 1.82) is 0 Å². The van der Waals surface area contributed by atoms with Crippen molar-refractivity contribution >= 4 is 21.9 Å². The van der Waals surface area contributed by atoms with Crippen LogP contribution in [0.5, 0.6) is 0 Å². The van der Waals surface area contributed by atoms with Gasteiger partial charge < -0.3 is 9.84 Å². The maximum Gasteiger partial charge on any atom is 0.339 e. The fourth-order valence-corrected chi connectivity index (χ4v) is 1.46. The minimum absolute atomic E-state index is 0.0635. The molecule has 0 aromatic heterocycles. The van der Waals surface area contributed by atoms with Crippen LogP contribution in [-0.4, -0.2) is 18.2 Å². The first-order valence-corrected chi connectivity index (χ1v) is 4.56. The molecule has 0 spiro atoms. The molecule has 0 heterocycles. The number of carbonyl (C=O) groups excluding carboxylic acids is 1. The third kappa shape index (κ3) is 2.10. The van der Waals surface area contributed by atoms with E-state index in [1.54, 1.807) is 0 Å². The van der Waals surface area contributed by atoms with Crippen molar-refractivity contribution in [2.75, 3.05) is 7.11 Å². The van der Waals surface area contributed by atoms with Crippen molar-refractivity contribution in [2.45, 2.75) is 6.61 Å². The Labute approximate surface area is 88.6 Å². The van der Waals surface area contributed by atoms with Gasteiger partial charge in [0, 0.05) is 10.0 Å². The summed E-state index contributed by atoms with van der Waals surface area (Å²) in [6, 6.07) is 2.38. The van der Waals surface area contributed by atoms with Gasteiger partial charge in [0.05, 0.1) is 19.3 Å². The number of methoxy groups -OCH3 is 1. The lowest BCUT2D eigenvalue weighted by Gasteiger charge is -2.05. The van der Waals surface area contributed by atoms with Crippen LogP contribution in [0.3, 0.4) is 0 Å². The summed E-state index contributed by atoms with van der Waals surface area (Å²) >= 11 is 3.03. The topological polar surface area (TPSA) is 46.5 Å². The van der Waals surface area contributed by atoms with Crippen LogP contribution in [-0.2, 0) is 11.3 Å². The maximum absolute atomic E-state index is 13.1. The lowest BCUT2D eigenvalue weighted by molar-refractivity contribution is 0.0599. The van der Waals surface area contributed by atoms with Gasteiger partial charge in [-0.2, -0.15) is 0 Å². The van der Waals surface area contributed by atoms with Gasteiger partial charge in [0.1, 0.15) is 5.82 Å². The van der Waals surface area contributed by atoms with Crippen molar-refractivity contribution in [2.24, 2.45) is 0 Å². The van der Waals surface area contributed by atoms with Gasteiger partial charge in [0.25, 0.3) is 0 Å². The highest BCUT2D eigenvalue weighted by atomic mass is 79.9. The number of ether oxygens (including phenoxy) is 1. The second-order valence-corrected chi connectivity index (χ2v) is 3.43. The lowest BCUT2D eigenvalue weighted by Crippen LogP contribution is -2.04. The van der Waals surface area contributed by atoms with Crippen LogP contribution >= 0.6 is 15.9 Å². The number of hydrogen-bond donors (Lipinski definition) is 1. The van der Waals surface area contributed by atoms with Crippen molar-refractivity contribution < 1.29 is 19.0 Å². The Bertz CT molecular complexity index is 365. The van der Waals surface area contributed by atoms with Crippen molar-refractivity contribution in [3.63, 3.8) is 0 Å². The fourth-order valence-electron chi connectivity index (χ4n) is 0.981. The molecule has 1 aromatic carbocycles. The first-order valence-electron chi connectivity index (χ1n) is 3.77. The molecule has 0 saturated heterocycles. The number of esters is 1. The Kier molecular flexibility index (Phi) is 3.60. The number of halogens is 2. The monoisotopic (exact) mass is 262 g/mol. The Morgan fingerprint density at radius 1 is 1.64 bits per heavy atom. The van der Waals surface area contributed by atoms with E-state index in [-0.39, 0.29) is 11.1 Å². The van der Waals surface area contributed by atoms with Crippen molar-refractivity contribution in [1.82, 2.24) is 0 Å². The van der Waals surface area contributed by atoms with E-state index in [1.807, 2.05) is 0 Å². The highest BCUT2D eigenvalue weighted by Gasteiger charge is 2.14. The number of rotatable bonds is 2. The molecule has 0 aliphatic carbocycles. The summed E-state index contributed by atoms with van der Waals surface area (Å²) in [6.07, 6.45) is 0. The number of benzene rings is 1. The largest absolute Gasteiger partial charge is 0.465 e. The SMILES string of the molecule is COC(=O)c1cc(CO)c(F)cc1Br. The van der Waals surface area contributed by atoms with E-state index >= 15 is 0 Å². The van der Waals surface area contributed by atoms with Crippen LogP contribution in [0.2, 0.25) is 0 Å². The predicted octanol–water partition coefficient (Wildman–Crippen LogP) is 1.87. The van der Waals surface area contributed by atoms with E-state index in [0.717, 1.165) is 6.07 Å². The van der Waals surface area contributed by atoms with Gasteiger partial charge in [-0.3, -0.25) is 0 Å². The van der Waals surface area contributed by atoms with E-state index in [4.69, 9.17) is 5.11 Å². The van der Waals surface area contributed by atoms with E-state index < -0.39 is 18.4 Å². The molecule has 14 heavy (non-hydrogen) atoms. The summed E-state index contributed by atoms with van der Waals surface area (Å²) in [6.45, 7) is -0.455. The molecule has 0 aliphatic heterocycles. The minimum Gasteiger partial charge on any atom is -0.465 e. The molecule has 0 saturated carbocycles. The summed E-state index contributed by atoms with van der Waals surface area (Å²) in [5.74, 6) is -1.14. The van der Waals surface area contributed by atoms with Gasteiger partial charge in [0.15, 0.2) is 0 Å². The van der Waals surface area contributed by atoms with Gasteiger partial charge in [-0.1, -0.05) is 0 Å². The molecular weight excluding hydrogens is 255 g/mol. The summed E-state index contributed by atoms with van der Waals surface area (Å²) in [7, 11) is 1.23. The Balaban J connectivity index is 3.24. The van der Waals surface area contributed by atoms with Crippen molar-refractivity contribution in [3.8, 4) is 0 Å². The number of carbonyl (C=O) groups is 1. The molecule has 3 nitrogen and oxygen atoms in total. The quantitative estimate of drug-likeness (QED) is 0.828. The van der Waals surface area contributed by atoms with E-state index in [1.165, 1.54) is 13.2 Å². The summed E-state index contributed by atoms with van der Waals surface area (Å²) in [5, 5.41) is 8.78. The smallest absolute Gasteiger partial charge is 0.339 e. The summed E-state index contributed by atoms with van der Waals surface area (Å²) < 4.78 is 17.8. The standard InChI is InChI=1S/C9H8BrFO3/c1-14-9(13)6-2-5(4-12)8(11)3-7(6)10/h2-3,12H,4H2,1H3. The van der Waals surface area contributed by atoms with Gasteiger partial charge in [-0.15, -0.1) is 0 Å². The molecule has 0 unspecified atom stereocenters. The van der Waals surface area contributed by atoms with E-state index in [2.05, 4.69) is 20.7 Å². The lowest BCUT2D eigenvalue weighted by atomic mass is 10.1. The summed E-state index contributed by atoms with van der Waals surface area (Å²) in [4.78, 5) is 11.2. The normalized spacial score (nSPS) is 10.0. The van der Waals surface area contributed by atoms with Crippen LogP contribution in [0.25, 0.3) is 0 Å². The fraction of sp³-hybridized carbons (Fsp3) is 0.222. The molecule has 0 amide bonds. The molecule has 5 heteroatoms. The van der Waals surface area contributed by atoms with Crippen LogP contribution < -0.4 is 0 Å². The molecule has 1 rings (SSSR count). The predicted molar refractivity (Wildman–Crippen MR) is 51.4 cm³/mol. The highest BCUT2D eigenvalue weighted by molar-refractivity contribution is 9.10. The molecule has 0 aliphatic rings. The number of hydrogen-bond acceptors (Lipinski definition) is 3.